The van der Waals surface area contributed by atoms with Crippen molar-refractivity contribution in [3.05, 3.63) is 0 Å². The van der Waals surface area contributed by atoms with Gasteiger partial charge < -0.3 is 20.1 Å². The highest BCUT2D eigenvalue weighted by Crippen LogP contribution is 2.15. The van der Waals surface area contributed by atoms with Crippen molar-refractivity contribution in [1.82, 2.24) is 10.6 Å². The van der Waals surface area contributed by atoms with Crippen LogP contribution in [-0.4, -0.2) is 51.0 Å². The first-order valence-electron chi connectivity index (χ1n) is 5.67. The summed E-state index contributed by atoms with van der Waals surface area (Å²) < 4.78 is 10.5. The second kappa shape index (κ2) is 5.61. The summed E-state index contributed by atoms with van der Waals surface area (Å²) in [6.45, 7) is 5.25. The van der Waals surface area contributed by atoms with Crippen molar-refractivity contribution in [3.63, 3.8) is 0 Å². The summed E-state index contributed by atoms with van der Waals surface area (Å²) in [5.74, 6) is -0.0757. The lowest BCUT2D eigenvalue weighted by atomic mass is 10.0. The highest BCUT2D eigenvalue weighted by molar-refractivity contribution is 5.85. The maximum atomic E-state index is 12.0. The zero-order chi connectivity index (χ0) is 12.2. The Labute approximate surface area is 96.9 Å². The molecule has 0 bridgehead atoms. The third-order valence-corrected chi connectivity index (χ3v) is 3.38. The van der Waals surface area contributed by atoms with E-state index in [2.05, 4.69) is 10.6 Å². The van der Waals surface area contributed by atoms with Gasteiger partial charge in [0.25, 0.3) is 5.91 Å². The minimum atomic E-state index is -0.749. The van der Waals surface area contributed by atoms with Crippen LogP contribution in [0.1, 0.15) is 20.3 Å². The van der Waals surface area contributed by atoms with Gasteiger partial charge in [-0.3, -0.25) is 4.79 Å². The number of carbonyl (C=O) groups excluding carboxylic acids is 1. The first kappa shape index (κ1) is 13.4. The number of carbonyl (C=O) groups is 1. The van der Waals surface area contributed by atoms with Crippen molar-refractivity contribution >= 4 is 5.91 Å². The molecule has 1 heterocycles. The topological polar surface area (TPSA) is 59.6 Å². The lowest BCUT2D eigenvalue weighted by molar-refractivity contribution is -0.143. The molecule has 1 saturated heterocycles. The lowest BCUT2D eigenvalue weighted by Crippen LogP contribution is -2.52. The maximum Gasteiger partial charge on any atom is 0.252 e. The molecule has 0 aromatic carbocycles. The fraction of sp³-hybridized carbons (Fsp3) is 0.909. The van der Waals surface area contributed by atoms with Crippen LogP contribution in [-0.2, 0) is 14.3 Å². The van der Waals surface area contributed by atoms with Crippen LogP contribution in [0.3, 0.4) is 0 Å². The molecular formula is C11H22N2O3. The molecule has 0 saturated carbocycles. The summed E-state index contributed by atoms with van der Waals surface area (Å²) in [5.41, 5.74) is -0.749. The molecule has 1 rings (SSSR count). The fourth-order valence-electron chi connectivity index (χ4n) is 1.77. The summed E-state index contributed by atoms with van der Waals surface area (Å²) in [6, 6.07) is 0.0264. The van der Waals surface area contributed by atoms with E-state index in [1.165, 1.54) is 0 Å². The van der Waals surface area contributed by atoms with Crippen molar-refractivity contribution in [3.8, 4) is 0 Å². The fourth-order valence-corrected chi connectivity index (χ4v) is 1.77. The number of amides is 1. The Balaban J connectivity index is 2.56. The van der Waals surface area contributed by atoms with E-state index in [-0.39, 0.29) is 18.1 Å². The van der Waals surface area contributed by atoms with E-state index >= 15 is 0 Å². The van der Waals surface area contributed by atoms with Gasteiger partial charge in [0.15, 0.2) is 0 Å². The number of rotatable bonds is 5. The SMILES string of the molecule is CCC(C)(OC)C(=O)NC1CNC[C@@H]1OC. The molecule has 1 amide bonds. The van der Waals surface area contributed by atoms with Crippen LogP contribution in [0, 0.1) is 0 Å². The van der Waals surface area contributed by atoms with Gasteiger partial charge in [0.05, 0.1) is 12.1 Å². The highest BCUT2D eigenvalue weighted by Gasteiger charge is 2.35. The number of methoxy groups -OCH3 is 2. The minimum Gasteiger partial charge on any atom is -0.378 e. The Hall–Kier alpha value is -0.650. The molecule has 3 atom stereocenters. The van der Waals surface area contributed by atoms with Gasteiger partial charge in [-0.15, -0.1) is 0 Å². The van der Waals surface area contributed by atoms with Gasteiger partial charge in [0.1, 0.15) is 5.60 Å². The molecule has 1 fully saturated rings. The van der Waals surface area contributed by atoms with Crippen LogP contribution < -0.4 is 10.6 Å². The van der Waals surface area contributed by atoms with E-state index in [1.54, 1.807) is 21.1 Å². The van der Waals surface area contributed by atoms with Crippen molar-refractivity contribution in [1.29, 1.82) is 0 Å². The number of hydrogen-bond acceptors (Lipinski definition) is 4. The van der Waals surface area contributed by atoms with Crippen LogP contribution in [0.15, 0.2) is 0 Å². The lowest BCUT2D eigenvalue weighted by Gasteiger charge is -2.28. The van der Waals surface area contributed by atoms with Crippen LogP contribution in [0.4, 0.5) is 0 Å². The molecule has 1 aliphatic rings. The molecule has 2 unspecified atom stereocenters. The van der Waals surface area contributed by atoms with Crippen LogP contribution in [0.25, 0.3) is 0 Å². The van der Waals surface area contributed by atoms with Crippen LogP contribution in [0.5, 0.6) is 0 Å². The number of ether oxygens (including phenoxy) is 2. The monoisotopic (exact) mass is 230 g/mol. The van der Waals surface area contributed by atoms with E-state index in [0.29, 0.717) is 6.42 Å². The summed E-state index contributed by atoms with van der Waals surface area (Å²) in [7, 11) is 3.22. The molecule has 94 valence electrons. The third kappa shape index (κ3) is 2.72. The Morgan fingerprint density at radius 3 is 2.69 bits per heavy atom. The third-order valence-electron chi connectivity index (χ3n) is 3.38. The van der Waals surface area contributed by atoms with Gasteiger partial charge in [-0.05, 0) is 13.3 Å². The first-order valence-corrected chi connectivity index (χ1v) is 5.67. The normalized spacial score (nSPS) is 28.8. The van der Waals surface area contributed by atoms with Crippen molar-refractivity contribution < 1.29 is 14.3 Å². The molecule has 1 aliphatic heterocycles. The average Bonchev–Trinajstić information content (AvgIpc) is 2.75. The van der Waals surface area contributed by atoms with E-state index in [0.717, 1.165) is 13.1 Å². The Morgan fingerprint density at radius 1 is 1.50 bits per heavy atom. The van der Waals surface area contributed by atoms with Crippen LogP contribution >= 0.6 is 0 Å². The predicted molar refractivity (Wildman–Crippen MR) is 61.3 cm³/mol. The van der Waals surface area contributed by atoms with Gasteiger partial charge >= 0.3 is 0 Å². The minimum absolute atomic E-state index is 0.0264. The molecular weight excluding hydrogens is 208 g/mol. The zero-order valence-electron chi connectivity index (χ0n) is 10.5. The number of hydrogen-bond donors (Lipinski definition) is 2. The quantitative estimate of drug-likeness (QED) is 0.692. The predicted octanol–water partition coefficient (Wildman–Crippen LogP) is -0.0955. The first-order chi connectivity index (χ1) is 7.57. The second-order valence-corrected chi connectivity index (χ2v) is 4.30. The van der Waals surface area contributed by atoms with Gasteiger partial charge in [-0.2, -0.15) is 0 Å². The Bertz CT molecular complexity index is 241. The standard InChI is InChI=1S/C11H22N2O3/c1-5-11(2,16-4)10(14)13-8-6-12-7-9(8)15-3/h8-9,12H,5-7H2,1-4H3,(H,13,14)/t8?,9-,11?/m0/s1. The second-order valence-electron chi connectivity index (χ2n) is 4.30. The summed E-state index contributed by atoms with van der Waals surface area (Å²) in [4.78, 5) is 12.0. The molecule has 16 heavy (non-hydrogen) atoms. The molecule has 5 nitrogen and oxygen atoms in total. The molecule has 0 aliphatic carbocycles. The smallest absolute Gasteiger partial charge is 0.252 e. The largest absolute Gasteiger partial charge is 0.378 e. The van der Waals surface area contributed by atoms with Crippen LogP contribution in [0.2, 0.25) is 0 Å². The highest BCUT2D eigenvalue weighted by atomic mass is 16.5. The molecule has 2 N–H and O–H groups in total. The molecule has 0 aromatic rings. The van der Waals surface area contributed by atoms with Gasteiger partial charge in [0.2, 0.25) is 0 Å². The summed E-state index contributed by atoms with van der Waals surface area (Å²) >= 11 is 0. The molecule has 0 radical (unpaired) electrons. The van der Waals surface area contributed by atoms with Gasteiger partial charge in [-0.25, -0.2) is 0 Å². The summed E-state index contributed by atoms with van der Waals surface area (Å²) in [6.07, 6.45) is 0.689. The molecule has 0 spiro atoms. The van der Waals surface area contributed by atoms with E-state index in [1.807, 2.05) is 6.92 Å². The average molecular weight is 230 g/mol. The summed E-state index contributed by atoms with van der Waals surface area (Å²) in [5, 5.41) is 6.16. The Kier molecular flexibility index (Phi) is 4.70. The Morgan fingerprint density at radius 2 is 2.19 bits per heavy atom. The number of nitrogens with one attached hydrogen (secondary N) is 2. The molecule has 5 heteroatoms. The van der Waals surface area contributed by atoms with Gasteiger partial charge in [-0.1, -0.05) is 6.92 Å². The van der Waals surface area contributed by atoms with Crippen molar-refractivity contribution in [2.45, 2.75) is 38.0 Å². The van der Waals surface area contributed by atoms with Crippen molar-refractivity contribution in [2.24, 2.45) is 0 Å². The van der Waals surface area contributed by atoms with E-state index in [4.69, 9.17) is 9.47 Å². The molecule has 0 aromatic heterocycles. The van der Waals surface area contributed by atoms with Gasteiger partial charge in [0, 0.05) is 27.3 Å². The van der Waals surface area contributed by atoms with E-state index in [9.17, 15) is 4.79 Å². The zero-order valence-corrected chi connectivity index (χ0v) is 10.5. The van der Waals surface area contributed by atoms with Crippen molar-refractivity contribution in [2.75, 3.05) is 27.3 Å². The maximum absolute atomic E-state index is 12.0. The van der Waals surface area contributed by atoms with E-state index < -0.39 is 5.60 Å².